The van der Waals surface area contributed by atoms with E-state index in [0.717, 1.165) is 22.9 Å². The van der Waals surface area contributed by atoms with Crippen molar-refractivity contribution in [1.82, 2.24) is 14.8 Å². The molecule has 0 radical (unpaired) electrons. The van der Waals surface area contributed by atoms with Gasteiger partial charge in [-0.1, -0.05) is 48.3 Å². The van der Waals surface area contributed by atoms with Gasteiger partial charge in [0.05, 0.1) is 26.8 Å². The number of nitrogens with one attached hydrogen (secondary N) is 1. The summed E-state index contributed by atoms with van der Waals surface area (Å²) in [6.07, 6.45) is 2.61. The Morgan fingerprint density at radius 2 is 1.84 bits per heavy atom. The molecule has 160 valence electrons. The zero-order valence-electron chi connectivity index (χ0n) is 17.3. The van der Waals surface area contributed by atoms with Gasteiger partial charge < -0.3 is 15.1 Å². The lowest BCUT2D eigenvalue weighted by Crippen LogP contribution is -2.29. The lowest BCUT2D eigenvalue weighted by atomic mass is 10.0. The molecule has 1 aliphatic rings. The maximum absolute atomic E-state index is 12.9. The number of rotatable bonds is 5. The molecule has 0 atom stereocenters. The molecule has 1 N–H and O–H groups in total. The fourth-order valence-electron chi connectivity index (χ4n) is 3.85. The van der Waals surface area contributed by atoms with Gasteiger partial charge in [0.25, 0.3) is 5.91 Å². The Labute approximate surface area is 190 Å². The molecule has 0 unspecified atom stereocenters. The molecule has 4 rings (SSSR count). The molecule has 2 aromatic carbocycles. The minimum absolute atomic E-state index is 0.0184. The Kier molecular flexibility index (Phi) is 6.03. The van der Waals surface area contributed by atoms with Gasteiger partial charge >= 0.3 is 6.03 Å². The van der Waals surface area contributed by atoms with Gasteiger partial charge in [-0.15, -0.1) is 0 Å². The van der Waals surface area contributed by atoms with Crippen LogP contribution in [0.3, 0.4) is 0 Å². The number of benzene rings is 2. The predicted octanol–water partition coefficient (Wildman–Crippen LogP) is 5.22. The largest absolute Gasteiger partial charge is 0.326 e. The number of urea groups is 1. The highest BCUT2D eigenvalue weighted by molar-refractivity contribution is 6.40. The van der Waals surface area contributed by atoms with E-state index in [0.29, 0.717) is 30.8 Å². The summed E-state index contributed by atoms with van der Waals surface area (Å²) in [6, 6.07) is 10.6. The summed E-state index contributed by atoms with van der Waals surface area (Å²) in [6.45, 7) is 3.96. The molecule has 0 bridgehead atoms. The third kappa shape index (κ3) is 4.05. The number of fused-ring (bicyclic) bond motifs is 1. The highest BCUT2D eigenvalue weighted by Gasteiger charge is 2.26. The van der Waals surface area contributed by atoms with E-state index < -0.39 is 5.91 Å². The van der Waals surface area contributed by atoms with Gasteiger partial charge in [-0.05, 0) is 35.7 Å². The number of aryl methyl sites for hydroxylation is 1. The van der Waals surface area contributed by atoms with Crippen molar-refractivity contribution in [3.8, 4) is 0 Å². The first-order valence-corrected chi connectivity index (χ1v) is 10.8. The maximum atomic E-state index is 12.9. The predicted molar refractivity (Wildman–Crippen MR) is 124 cm³/mol. The first-order valence-electron chi connectivity index (χ1n) is 10.1. The molecular formula is C23H22Cl2N4O2. The summed E-state index contributed by atoms with van der Waals surface area (Å²) >= 11 is 12.4. The quantitative estimate of drug-likeness (QED) is 0.571. The van der Waals surface area contributed by atoms with E-state index in [1.54, 1.807) is 36.2 Å². The van der Waals surface area contributed by atoms with Crippen LogP contribution in [0.2, 0.25) is 10.0 Å². The summed E-state index contributed by atoms with van der Waals surface area (Å²) in [5.41, 5.74) is 3.56. The van der Waals surface area contributed by atoms with Crippen LogP contribution in [0.25, 0.3) is 10.9 Å². The van der Waals surface area contributed by atoms with Crippen molar-refractivity contribution in [2.75, 3.05) is 25.5 Å². The molecule has 31 heavy (non-hydrogen) atoms. The monoisotopic (exact) mass is 456 g/mol. The minimum atomic E-state index is -0.401. The molecule has 1 aromatic heterocycles. The molecule has 1 fully saturated rings. The minimum Gasteiger partial charge on any atom is -0.326 e. The third-order valence-electron chi connectivity index (χ3n) is 5.57. The van der Waals surface area contributed by atoms with E-state index in [1.807, 2.05) is 23.2 Å². The molecule has 1 saturated heterocycles. The summed E-state index contributed by atoms with van der Waals surface area (Å²) in [5, 5.41) is 4.37. The number of halogens is 2. The molecule has 0 spiro atoms. The summed E-state index contributed by atoms with van der Waals surface area (Å²) in [4.78, 5) is 33.5. The number of carbonyl (C=O) groups excluding carboxylic acids is 2. The van der Waals surface area contributed by atoms with Crippen LogP contribution in [-0.4, -0.2) is 46.9 Å². The van der Waals surface area contributed by atoms with E-state index in [4.69, 9.17) is 23.2 Å². The molecular weight excluding hydrogens is 435 g/mol. The van der Waals surface area contributed by atoms with Crippen LogP contribution in [0, 0.1) is 0 Å². The first kappa shape index (κ1) is 21.4. The Morgan fingerprint density at radius 1 is 1.13 bits per heavy atom. The number of likely N-dealkylation sites (N-methyl/N-ethyl adjacent to an activating group) is 1. The number of hydrogen-bond donors (Lipinski definition) is 1. The average molecular weight is 457 g/mol. The second-order valence-corrected chi connectivity index (χ2v) is 8.31. The fourth-order valence-corrected chi connectivity index (χ4v) is 4.42. The van der Waals surface area contributed by atoms with Gasteiger partial charge in [0.1, 0.15) is 0 Å². The fraction of sp³-hybridized carbons (Fsp3) is 0.261. The van der Waals surface area contributed by atoms with Gasteiger partial charge in [0.15, 0.2) is 0 Å². The number of amides is 3. The lowest BCUT2D eigenvalue weighted by Gasteiger charge is -2.20. The molecule has 6 nitrogen and oxygen atoms in total. The third-order valence-corrected chi connectivity index (χ3v) is 6.20. The van der Waals surface area contributed by atoms with E-state index in [9.17, 15) is 9.59 Å². The normalized spacial score (nSPS) is 13.9. The van der Waals surface area contributed by atoms with E-state index in [2.05, 4.69) is 17.2 Å². The number of pyridine rings is 1. The molecule has 0 aliphatic carbocycles. The number of carbonyl (C=O) groups is 2. The Morgan fingerprint density at radius 3 is 2.48 bits per heavy atom. The van der Waals surface area contributed by atoms with Crippen LogP contribution in [0.4, 0.5) is 10.5 Å². The van der Waals surface area contributed by atoms with Gasteiger partial charge in [-0.2, -0.15) is 0 Å². The molecule has 0 saturated carbocycles. The molecule has 1 aliphatic heterocycles. The molecule has 3 amide bonds. The summed E-state index contributed by atoms with van der Waals surface area (Å²) in [5.74, 6) is -0.401. The van der Waals surface area contributed by atoms with Crippen LogP contribution < -0.4 is 5.32 Å². The number of nitrogens with zero attached hydrogens (tertiary/aromatic N) is 3. The Bertz CT molecular complexity index is 1160. The van der Waals surface area contributed by atoms with Gasteiger partial charge in [0, 0.05) is 38.3 Å². The van der Waals surface area contributed by atoms with E-state index in [1.165, 1.54) is 0 Å². The van der Waals surface area contributed by atoms with Gasteiger partial charge in [0.2, 0.25) is 0 Å². The number of anilines is 1. The van der Waals surface area contributed by atoms with Crippen molar-refractivity contribution in [2.24, 2.45) is 0 Å². The highest BCUT2D eigenvalue weighted by atomic mass is 35.5. The van der Waals surface area contributed by atoms with Crippen LogP contribution in [-0.2, 0) is 13.0 Å². The highest BCUT2D eigenvalue weighted by Crippen LogP contribution is 2.30. The van der Waals surface area contributed by atoms with E-state index >= 15 is 0 Å². The zero-order chi connectivity index (χ0) is 22.1. The van der Waals surface area contributed by atoms with Crippen LogP contribution in [0.1, 0.15) is 28.4 Å². The van der Waals surface area contributed by atoms with Gasteiger partial charge in [-0.25, -0.2) is 4.79 Å². The van der Waals surface area contributed by atoms with Crippen molar-refractivity contribution in [3.63, 3.8) is 0 Å². The maximum Gasteiger partial charge on any atom is 0.320 e. The van der Waals surface area contributed by atoms with Crippen LogP contribution >= 0.6 is 23.2 Å². The molecule has 8 heteroatoms. The molecule has 3 aromatic rings. The van der Waals surface area contributed by atoms with E-state index in [-0.39, 0.29) is 21.6 Å². The zero-order valence-corrected chi connectivity index (χ0v) is 18.8. The second-order valence-electron chi connectivity index (χ2n) is 7.49. The second kappa shape index (κ2) is 8.73. The van der Waals surface area contributed by atoms with Crippen LogP contribution in [0.5, 0.6) is 0 Å². The summed E-state index contributed by atoms with van der Waals surface area (Å²) in [7, 11) is 1.81. The van der Waals surface area contributed by atoms with Crippen molar-refractivity contribution < 1.29 is 9.59 Å². The average Bonchev–Trinajstić information content (AvgIpc) is 3.06. The van der Waals surface area contributed by atoms with Crippen LogP contribution in [0.15, 0.2) is 42.6 Å². The first-order chi connectivity index (χ1) is 14.9. The Hall–Kier alpha value is -2.83. The molecule has 2 heterocycles. The number of aromatic nitrogens is 1. The SMILES string of the molecule is CCc1cnc2c(NC(=O)c3c(Cl)cccc3Cl)cccc2c1CN1CCN(C)C1=O. The summed E-state index contributed by atoms with van der Waals surface area (Å²) < 4.78 is 0. The van der Waals surface area contributed by atoms with Gasteiger partial charge in [-0.3, -0.25) is 9.78 Å². The lowest BCUT2D eigenvalue weighted by molar-refractivity contribution is 0.102. The van der Waals surface area contributed by atoms with Crippen molar-refractivity contribution in [1.29, 1.82) is 0 Å². The number of para-hydroxylation sites is 1. The standard InChI is InChI=1S/C23H22Cl2N4O2/c1-3-14-12-26-21-15(16(14)13-29-11-10-28(2)23(29)31)6-4-9-19(21)27-22(30)20-17(24)7-5-8-18(20)25/h4-9,12H,3,10-11,13H2,1-2H3,(H,27,30). The smallest absolute Gasteiger partial charge is 0.320 e. The van der Waals surface area contributed by atoms with Crippen molar-refractivity contribution in [3.05, 3.63) is 69.3 Å². The number of hydrogen-bond acceptors (Lipinski definition) is 3. The Balaban J connectivity index is 1.73. The van der Waals surface area contributed by atoms with Crippen molar-refractivity contribution >= 4 is 51.7 Å². The van der Waals surface area contributed by atoms with Crippen molar-refractivity contribution in [2.45, 2.75) is 19.9 Å². The topological polar surface area (TPSA) is 65.5 Å².